The number of carbonyl (C=O) groups is 1. The lowest BCUT2D eigenvalue weighted by Gasteiger charge is -2.06. The number of ketones is 1. The summed E-state index contributed by atoms with van der Waals surface area (Å²) in [4.78, 5) is 13.5. The fourth-order valence-corrected chi connectivity index (χ4v) is 2.36. The lowest BCUT2D eigenvalue weighted by Crippen LogP contribution is -2.14. The number of halogens is 2. The topological polar surface area (TPSA) is 69.9 Å². The largest absolute Gasteiger partial charge is 0.496 e. The van der Waals surface area contributed by atoms with Crippen molar-refractivity contribution in [3.05, 3.63) is 58.9 Å². The first kappa shape index (κ1) is 16.1. The molecule has 0 atom stereocenters. The average molecular weight is 347 g/mol. The second-order valence-electron chi connectivity index (χ2n) is 4.92. The average Bonchev–Trinajstić information content (AvgIpc) is 3.03. The predicted octanol–water partition coefficient (Wildman–Crippen LogP) is 3.02. The number of hydrogen-bond donors (Lipinski definition) is 0. The number of carbonyl (C=O) groups excluding carboxylic acids is 1. The van der Waals surface area contributed by atoms with Gasteiger partial charge in [-0.1, -0.05) is 23.7 Å². The molecule has 3 aromatic rings. The Kier molecular flexibility index (Phi) is 4.52. The number of tetrazole rings is 1. The fraction of sp³-hybridized carbons (Fsp3) is 0.125. The SMILES string of the molecule is COc1ccc(F)cc1C(=O)Cn1nnc(-c2cccc(Cl)c2)n1. The summed E-state index contributed by atoms with van der Waals surface area (Å²) in [6.07, 6.45) is 0. The van der Waals surface area contributed by atoms with Gasteiger partial charge in [-0.15, -0.1) is 10.2 Å². The van der Waals surface area contributed by atoms with E-state index >= 15 is 0 Å². The summed E-state index contributed by atoms with van der Waals surface area (Å²) >= 11 is 5.93. The summed E-state index contributed by atoms with van der Waals surface area (Å²) in [5, 5.41) is 12.4. The molecule has 0 aliphatic heterocycles. The van der Waals surface area contributed by atoms with Crippen molar-refractivity contribution in [1.82, 2.24) is 20.2 Å². The second-order valence-corrected chi connectivity index (χ2v) is 5.36. The smallest absolute Gasteiger partial charge is 0.204 e. The molecule has 0 radical (unpaired) electrons. The van der Waals surface area contributed by atoms with Gasteiger partial charge in [0.25, 0.3) is 0 Å². The summed E-state index contributed by atoms with van der Waals surface area (Å²) in [6, 6.07) is 10.7. The highest BCUT2D eigenvalue weighted by Gasteiger charge is 2.16. The molecule has 8 heteroatoms. The number of methoxy groups -OCH3 is 1. The zero-order valence-corrected chi connectivity index (χ0v) is 13.4. The zero-order valence-electron chi connectivity index (χ0n) is 12.6. The van der Waals surface area contributed by atoms with E-state index in [1.54, 1.807) is 24.3 Å². The van der Waals surface area contributed by atoms with Crippen LogP contribution in [0.25, 0.3) is 11.4 Å². The Morgan fingerprint density at radius 1 is 1.29 bits per heavy atom. The van der Waals surface area contributed by atoms with Crippen LogP contribution in [-0.4, -0.2) is 33.1 Å². The third-order valence-electron chi connectivity index (χ3n) is 3.28. The van der Waals surface area contributed by atoms with Crippen LogP contribution in [0.5, 0.6) is 5.75 Å². The van der Waals surface area contributed by atoms with E-state index in [4.69, 9.17) is 16.3 Å². The molecular formula is C16H12ClFN4O2. The van der Waals surface area contributed by atoms with Gasteiger partial charge in [-0.25, -0.2) is 4.39 Å². The molecule has 0 saturated heterocycles. The molecule has 3 rings (SSSR count). The van der Waals surface area contributed by atoms with Crippen LogP contribution in [0.3, 0.4) is 0 Å². The second kappa shape index (κ2) is 6.76. The van der Waals surface area contributed by atoms with Crippen molar-refractivity contribution in [2.24, 2.45) is 0 Å². The van der Waals surface area contributed by atoms with Gasteiger partial charge in [0.05, 0.1) is 12.7 Å². The first-order chi connectivity index (χ1) is 11.6. The standard InChI is InChI=1S/C16H12ClFN4O2/c1-24-15-6-5-12(18)8-13(15)14(23)9-22-20-16(19-21-22)10-3-2-4-11(17)7-10/h2-8H,9H2,1H3. The molecule has 0 saturated carbocycles. The summed E-state index contributed by atoms with van der Waals surface area (Å²) in [5.74, 6) is -0.278. The van der Waals surface area contributed by atoms with E-state index in [-0.39, 0.29) is 23.6 Å². The van der Waals surface area contributed by atoms with Crippen LogP contribution in [0.2, 0.25) is 5.02 Å². The summed E-state index contributed by atoms with van der Waals surface area (Å²) in [6.45, 7) is -0.187. The van der Waals surface area contributed by atoms with Crippen molar-refractivity contribution in [3.63, 3.8) is 0 Å². The van der Waals surface area contributed by atoms with Gasteiger partial charge >= 0.3 is 0 Å². The van der Waals surface area contributed by atoms with Crippen LogP contribution in [0.15, 0.2) is 42.5 Å². The number of ether oxygens (including phenoxy) is 1. The molecule has 0 aliphatic rings. The Morgan fingerprint density at radius 3 is 2.88 bits per heavy atom. The van der Waals surface area contributed by atoms with Crippen LogP contribution in [0, 0.1) is 5.82 Å². The van der Waals surface area contributed by atoms with Gasteiger partial charge in [0.15, 0.2) is 5.78 Å². The lowest BCUT2D eigenvalue weighted by atomic mass is 10.1. The summed E-state index contributed by atoms with van der Waals surface area (Å²) in [5.41, 5.74) is 0.809. The lowest BCUT2D eigenvalue weighted by molar-refractivity contribution is 0.0958. The predicted molar refractivity (Wildman–Crippen MR) is 85.5 cm³/mol. The van der Waals surface area contributed by atoms with Gasteiger partial charge in [-0.05, 0) is 35.5 Å². The molecule has 0 spiro atoms. The Morgan fingerprint density at radius 2 is 2.12 bits per heavy atom. The van der Waals surface area contributed by atoms with Gasteiger partial charge in [-0.2, -0.15) is 4.80 Å². The minimum Gasteiger partial charge on any atom is -0.496 e. The number of aromatic nitrogens is 4. The molecule has 0 fully saturated rings. The normalized spacial score (nSPS) is 10.6. The molecule has 6 nitrogen and oxygen atoms in total. The highest BCUT2D eigenvalue weighted by atomic mass is 35.5. The summed E-state index contributed by atoms with van der Waals surface area (Å²) < 4.78 is 18.5. The number of nitrogens with zero attached hydrogens (tertiary/aromatic N) is 4. The molecule has 0 amide bonds. The van der Waals surface area contributed by atoms with Crippen molar-refractivity contribution < 1.29 is 13.9 Å². The minimum absolute atomic E-state index is 0.124. The van der Waals surface area contributed by atoms with Crippen LogP contribution in [0.4, 0.5) is 4.39 Å². The van der Waals surface area contributed by atoms with E-state index in [0.717, 1.165) is 10.9 Å². The third kappa shape index (κ3) is 3.41. The number of Topliss-reactive ketones (excluding diaryl/α,β-unsaturated/α-hetero) is 1. The van der Waals surface area contributed by atoms with Crippen LogP contribution < -0.4 is 4.74 Å². The van der Waals surface area contributed by atoms with Gasteiger partial charge in [0.2, 0.25) is 5.82 Å². The molecule has 24 heavy (non-hydrogen) atoms. The van der Waals surface area contributed by atoms with Crippen molar-refractivity contribution >= 4 is 17.4 Å². The van der Waals surface area contributed by atoms with Crippen molar-refractivity contribution in [3.8, 4) is 17.1 Å². The van der Waals surface area contributed by atoms with Crippen LogP contribution >= 0.6 is 11.6 Å². The molecule has 122 valence electrons. The van der Waals surface area contributed by atoms with Gasteiger partial charge in [-0.3, -0.25) is 4.79 Å². The number of hydrogen-bond acceptors (Lipinski definition) is 5. The third-order valence-corrected chi connectivity index (χ3v) is 3.52. The van der Waals surface area contributed by atoms with E-state index in [9.17, 15) is 9.18 Å². The maximum Gasteiger partial charge on any atom is 0.204 e. The highest BCUT2D eigenvalue weighted by molar-refractivity contribution is 6.30. The highest BCUT2D eigenvalue weighted by Crippen LogP contribution is 2.21. The van der Waals surface area contributed by atoms with Gasteiger partial charge in [0, 0.05) is 10.6 Å². The van der Waals surface area contributed by atoms with Crippen LogP contribution in [0.1, 0.15) is 10.4 Å². The molecule has 0 unspecified atom stereocenters. The molecule has 2 aromatic carbocycles. The molecule has 0 bridgehead atoms. The minimum atomic E-state index is -0.523. The van der Waals surface area contributed by atoms with Gasteiger partial charge < -0.3 is 4.74 Å². The zero-order chi connectivity index (χ0) is 17.1. The van der Waals surface area contributed by atoms with E-state index in [2.05, 4.69) is 15.4 Å². The number of benzene rings is 2. The van der Waals surface area contributed by atoms with Crippen LogP contribution in [-0.2, 0) is 6.54 Å². The van der Waals surface area contributed by atoms with Crippen molar-refractivity contribution in [2.75, 3.05) is 7.11 Å². The first-order valence-corrected chi connectivity index (χ1v) is 7.35. The Hall–Kier alpha value is -2.80. The summed E-state index contributed by atoms with van der Waals surface area (Å²) in [7, 11) is 1.41. The van der Waals surface area contributed by atoms with Gasteiger partial charge in [0.1, 0.15) is 18.1 Å². The van der Waals surface area contributed by atoms with Crippen molar-refractivity contribution in [1.29, 1.82) is 0 Å². The quantitative estimate of drug-likeness (QED) is 0.664. The Balaban J connectivity index is 1.82. The molecule has 0 N–H and O–H groups in total. The molecular weight excluding hydrogens is 335 g/mol. The molecule has 1 heterocycles. The van der Waals surface area contributed by atoms with E-state index in [1.165, 1.54) is 19.2 Å². The monoisotopic (exact) mass is 346 g/mol. The van der Waals surface area contributed by atoms with E-state index in [0.29, 0.717) is 16.4 Å². The Bertz CT molecular complexity index is 897. The van der Waals surface area contributed by atoms with E-state index in [1.807, 2.05) is 0 Å². The fourth-order valence-electron chi connectivity index (χ4n) is 2.17. The van der Waals surface area contributed by atoms with Crippen molar-refractivity contribution in [2.45, 2.75) is 6.54 Å². The maximum absolute atomic E-state index is 13.4. The van der Waals surface area contributed by atoms with E-state index < -0.39 is 5.82 Å². The number of rotatable bonds is 5. The molecule has 0 aliphatic carbocycles. The molecule has 1 aromatic heterocycles. The first-order valence-electron chi connectivity index (χ1n) is 6.97. The Labute approximate surface area is 141 Å². The maximum atomic E-state index is 13.4.